The predicted octanol–water partition coefficient (Wildman–Crippen LogP) is -0.460. The lowest BCUT2D eigenvalue weighted by atomic mass is 10.1. The highest BCUT2D eigenvalue weighted by atomic mass is 16.5. The number of nitrogens with one attached hydrogen (secondary N) is 1. The third-order valence-corrected chi connectivity index (χ3v) is 3.05. The van der Waals surface area contributed by atoms with Crippen molar-refractivity contribution in [2.24, 2.45) is 0 Å². The van der Waals surface area contributed by atoms with Crippen molar-refractivity contribution in [1.29, 1.82) is 5.26 Å². The first-order chi connectivity index (χ1) is 9.67. The van der Waals surface area contributed by atoms with Crippen LogP contribution in [0.25, 0.3) is 0 Å². The molecule has 0 spiro atoms. The number of nitriles is 1. The van der Waals surface area contributed by atoms with E-state index in [4.69, 9.17) is 10.00 Å². The summed E-state index contributed by atoms with van der Waals surface area (Å²) >= 11 is 0. The fourth-order valence-corrected chi connectivity index (χ4v) is 1.96. The third-order valence-electron chi connectivity index (χ3n) is 3.05. The molecule has 2 heterocycles. The molecule has 104 valence electrons. The van der Waals surface area contributed by atoms with Crippen LogP contribution < -0.4 is 5.32 Å². The quantitative estimate of drug-likeness (QED) is 0.787. The zero-order chi connectivity index (χ0) is 14.5. The van der Waals surface area contributed by atoms with Crippen LogP contribution in [0.4, 0.5) is 0 Å². The van der Waals surface area contributed by atoms with Crippen LogP contribution in [-0.4, -0.2) is 54.5 Å². The van der Waals surface area contributed by atoms with Gasteiger partial charge < -0.3 is 15.0 Å². The Bertz CT molecular complexity index is 550. The van der Waals surface area contributed by atoms with Gasteiger partial charge in [-0.05, 0) is 12.1 Å². The molecule has 0 aromatic carbocycles. The average molecular weight is 274 g/mol. The molecule has 1 atom stereocenters. The van der Waals surface area contributed by atoms with Gasteiger partial charge in [-0.15, -0.1) is 0 Å². The summed E-state index contributed by atoms with van der Waals surface area (Å²) < 4.78 is 5.24. The first-order valence-electron chi connectivity index (χ1n) is 6.14. The maximum atomic E-state index is 12.4. The van der Waals surface area contributed by atoms with E-state index in [9.17, 15) is 9.59 Å². The molecule has 0 saturated carbocycles. The van der Waals surface area contributed by atoms with Crippen LogP contribution in [-0.2, 0) is 9.53 Å². The lowest BCUT2D eigenvalue weighted by Gasteiger charge is -2.34. The van der Waals surface area contributed by atoms with Crippen molar-refractivity contribution in [3.63, 3.8) is 0 Å². The highest BCUT2D eigenvalue weighted by Gasteiger charge is 2.33. The highest BCUT2D eigenvalue weighted by molar-refractivity contribution is 5.96. The van der Waals surface area contributed by atoms with Crippen LogP contribution in [0.15, 0.2) is 18.3 Å². The molecule has 1 N–H and O–H groups in total. The van der Waals surface area contributed by atoms with E-state index >= 15 is 0 Å². The Labute approximate surface area is 116 Å². The van der Waals surface area contributed by atoms with Crippen LogP contribution in [0.1, 0.15) is 16.1 Å². The molecule has 2 amide bonds. The molecule has 1 aromatic heterocycles. The first kappa shape index (κ1) is 14.0. The van der Waals surface area contributed by atoms with Crippen molar-refractivity contribution in [1.82, 2.24) is 15.2 Å². The van der Waals surface area contributed by atoms with Crippen molar-refractivity contribution < 1.29 is 14.3 Å². The van der Waals surface area contributed by atoms with Crippen LogP contribution in [0, 0.1) is 11.3 Å². The Balaban J connectivity index is 2.20. The van der Waals surface area contributed by atoms with Gasteiger partial charge in [-0.1, -0.05) is 0 Å². The zero-order valence-corrected chi connectivity index (χ0v) is 11.0. The fraction of sp³-hybridized carbons (Fsp3) is 0.385. The largest absolute Gasteiger partial charge is 0.377 e. The first-order valence-corrected chi connectivity index (χ1v) is 6.14. The number of nitrogens with zero attached hydrogens (tertiary/aromatic N) is 3. The lowest BCUT2D eigenvalue weighted by molar-refractivity contribution is -0.130. The summed E-state index contributed by atoms with van der Waals surface area (Å²) in [6.45, 7) is 0.885. The molecular weight excluding hydrogens is 260 g/mol. The summed E-state index contributed by atoms with van der Waals surface area (Å²) in [5, 5.41) is 11.2. The average Bonchev–Trinajstić information content (AvgIpc) is 2.53. The van der Waals surface area contributed by atoms with Gasteiger partial charge in [0.1, 0.15) is 17.8 Å². The van der Waals surface area contributed by atoms with E-state index in [0.717, 1.165) is 0 Å². The van der Waals surface area contributed by atoms with E-state index in [0.29, 0.717) is 18.7 Å². The molecule has 20 heavy (non-hydrogen) atoms. The Hall–Kier alpha value is -2.46. The fourth-order valence-electron chi connectivity index (χ4n) is 1.96. The van der Waals surface area contributed by atoms with Crippen LogP contribution in [0.2, 0.25) is 0 Å². The molecule has 1 saturated heterocycles. The van der Waals surface area contributed by atoms with Gasteiger partial charge in [0.2, 0.25) is 5.91 Å². The van der Waals surface area contributed by atoms with Gasteiger partial charge in [0, 0.05) is 19.8 Å². The van der Waals surface area contributed by atoms with Gasteiger partial charge in [0.25, 0.3) is 5.91 Å². The summed E-state index contributed by atoms with van der Waals surface area (Å²) in [4.78, 5) is 29.5. The molecule has 1 unspecified atom stereocenters. The maximum Gasteiger partial charge on any atom is 0.273 e. The molecule has 1 aliphatic heterocycles. The molecule has 2 rings (SSSR count). The van der Waals surface area contributed by atoms with Gasteiger partial charge in [-0.2, -0.15) is 5.26 Å². The van der Waals surface area contributed by atoms with Crippen molar-refractivity contribution in [3.8, 4) is 6.07 Å². The van der Waals surface area contributed by atoms with Gasteiger partial charge in [-0.25, -0.2) is 4.98 Å². The second-order valence-corrected chi connectivity index (χ2v) is 4.25. The SMILES string of the molecule is CNC(=O)C1COCCN1C(=O)c1ccc(C#N)cn1. The zero-order valence-electron chi connectivity index (χ0n) is 11.0. The smallest absolute Gasteiger partial charge is 0.273 e. The van der Waals surface area contributed by atoms with Crippen LogP contribution >= 0.6 is 0 Å². The number of hydrogen-bond donors (Lipinski definition) is 1. The van der Waals surface area contributed by atoms with Gasteiger partial charge >= 0.3 is 0 Å². The minimum absolute atomic E-state index is 0.168. The van der Waals surface area contributed by atoms with E-state index in [-0.39, 0.29) is 24.1 Å². The number of carbonyl (C=O) groups is 2. The van der Waals surface area contributed by atoms with Crippen molar-refractivity contribution in [3.05, 3.63) is 29.6 Å². The van der Waals surface area contributed by atoms with E-state index in [1.807, 2.05) is 6.07 Å². The molecule has 0 aliphatic carbocycles. The normalized spacial score (nSPS) is 18.2. The van der Waals surface area contributed by atoms with Crippen LogP contribution in [0.5, 0.6) is 0 Å². The van der Waals surface area contributed by atoms with Crippen LogP contribution in [0.3, 0.4) is 0 Å². The predicted molar refractivity (Wildman–Crippen MR) is 68.7 cm³/mol. The van der Waals surface area contributed by atoms with Crippen molar-refractivity contribution >= 4 is 11.8 Å². The Kier molecular flexibility index (Phi) is 4.27. The molecular formula is C13H14N4O3. The molecule has 0 bridgehead atoms. The molecule has 0 radical (unpaired) electrons. The number of likely N-dealkylation sites (N-methyl/N-ethyl adjacent to an activating group) is 1. The highest BCUT2D eigenvalue weighted by Crippen LogP contribution is 2.12. The van der Waals surface area contributed by atoms with Crippen molar-refractivity contribution in [2.75, 3.05) is 26.8 Å². The topological polar surface area (TPSA) is 95.3 Å². The molecule has 1 fully saturated rings. The summed E-state index contributed by atoms with van der Waals surface area (Å²) in [7, 11) is 1.51. The standard InChI is InChI=1S/C13H14N4O3/c1-15-12(18)11-8-20-5-4-17(11)13(19)10-3-2-9(6-14)7-16-10/h2-3,7,11H,4-5,8H2,1H3,(H,15,18). The van der Waals surface area contributed by atoms with E-state index in [1.54, 1.807) is 0 Å². The summed E-state index contributed by atoms with van der Waals surface area (Å²) in [5.41, 5.74) is 0.589. The summed E-state index contributed by atoms with van der Waals surface area (Å²) in [5.74, 6) is -0.613. The Morgan fingerprint density at radius 1 is 1.55 bits per heavy atom. The molecule has 7 nitrogen and oxygen atoms in total. The molecule has 7 heteroatoms. The number of amides is 2. The number of rotatable bonds is 2. The van der Waals surface area contributed by atoms with Gasteiger partial charge in [0.15, 0.2) is 0 Å². The third kappa shape index (κ3) is 2.75. The number of pyridine rings is 1. The number of ether oxygens (including phenoxy) is 1. The summed E-state index contributed by atoms with van der Waals surface area (Å²) in [6, 6.07) is 4.29. The molecule has 1 aliphatic rings. The molecule has 1 aromatic rings. The number of morpholine rings is 1. The Morgan fingerprint density at radius 2 is 2.35 bits per heavy atom. The van der Waals surface area contributed by atoms with E-state index in [1.165, 1.54) is 30.3 Å². The van der Waals surface area contributed by atoms with Gasteiger partial charge in [-0.3, -0.25) is 9.59 Å². The minimum Gasteiger partial charge on any atom is -0.377 e. The maximum absolute atomic E-state index is 12.4. The monoisotopic (exact) mass is 274 g/mol. The number of aromatic nitrogens is 1. The number of carbonyl (C=O) groups excluding carboxylic acids is 2. The van der Waals surface area contributed by atoms with E-state index < -0.39 is 6.04 Å². The van der Waals surface area contributed by atoms with Crippen molar-refractivity contribution in [2.45, 2.75) is 6.04 Å². The van der Waals surface area contributed by atoms with E-state index in [2.05, 4.69) is 10.3 Å². The second-order valence-electron chi connectivity index (χ2n) is 4.25. The lowest BCUT2D eigenvalue weighted by Crippen LogP contribution is -2.55. The minimum atomic E-state index is -0.654. The number of hydrogen-bond acceptors (Lipinski definition) is 5. The Morgan fingerprint density at radius 3 is 2.95 bits per heavy atom. The second kappa shape index (κ2) is 6.12. The summed E-state index contributed by atoms with van der Waals surface area (Å²) in [6.07, 6.45) is 1.34. The van der Waals surface area contributed by atoms with Gasteiger partial charge in [0.05, 0.1) is 18.8 Å².